The van der Waals surface area contributed by atoms with Crippen LogP contribution >= 0.6 is 23.1 Å². The molecule has 0 saturated heterocycles. The van der Waals surface area contributed by atoms with Gasteiger partial charge in [-0.2, -0.15) is 5.10 Å². The molecule has 2 amide bonds. The van der Waals surface area contributed by atoms with E-state index >= 15 is 0 Å². The first kappa shape index (κ1) is 26.1. The first-order chi connectivity index (χ1) is 17.9. The van der Waals surface area contributed by atoms with Crippen LogP contribution in [0.25, 0.3) is 5.69 Å². The van der Waals surface area contributed by atoms with E-state index in [9.17, 15) is 14.0 Å². The summed E-state index contributed by atoms with van der Waals surface area (Å²) in [5.74, 6) is 0.000466. The van der Waals surface area contributed by atoms with Gasteiger partial charge in [0.1, 0.15) is 11.6 Å². The topological polar surface area (TPSA) is 120 Å². The van der Waals surface area contributed by atoms with E-state index < -0.39 is 5.91 Å². The van der Waals surface area contributed by atoms with Crippen LogP contribution in [0.15, 0.2) is 59.1 Å². The number of aromatic nitrogens is 4. The predicted molar refractivity (Wildman–Crippen MR) is 140 cm³/mol. The van der Waals surface area contributed by atoms with Gasteiger partial charge in [-0.25, -0.2) is 9.07 Å². The molecule has 192 valence electrons. The van der Waals surface area contributed by atoms with E-state index in [4.69, 9.17) is 9.47 Å². The molecule has 2 aromatic carbocycles. The molecule has 0 aliphatic rings. The predicted octanol–water partition coefficient (Wildman–Crippen LogP) is 4.64. The fourth-order valence-corrected chi connectivity index (χ4v) is 4.65. The Morgan fingerprint density at radius 2 is 1.73 bits per heavy atom. The second-order valence-corrected chi connectivity index (χ2v) is 9.52. The summed E-state index contributed by atoms with van der Waals surface area (Å²) in [5.41, 5.74) is 1.27. The Labute approximate surface area is 220 Å². The summed E-state index contributed by atoms with van der Waals surface area (Å²) in [6.07, 6.45) is 1.55. The molecule has 0 aliphatic carbocycles. The smallest absolute Gasteiger partial charge is 0.281 e. The fourth-order valence-electron chi connectivity index (χ4n) is 3.10. The van der Waals surface area contributed by atoms with E-state index in [1.165, 1.54) is 28.6 Å². The van der Waals surface area contributed by atoms with Crippen molar-refractivity contribution >= 4 is 45.7 Å². The number of nitrogens with zero attached hydrogens (tertiary/aromatic N) is 4. The molecule has 2 heterocycles. The zero-order valence-corrected chi connectivity index (χ0v) is 21.6. The maximum Gasteiger partial charge on any atom is 0.281 e. The van der Waals surface area contributed by atoms with Crippen molar-refractivity contribution in [2.24, 2.45) is 0 Å². The molecule has 0 radical (unpaired) electrons. The third kappa shape index (κ3) is 7.05. The van der Waals surface area contributed by atoms with E-state index in [-0.39, 0.29) is 34.1 Å². The summed E-state index contributed by atoms with van der Waals surface area (Å²) in [6, 6.07) is 12.8. The second kappa shape index (κ2) is 12.3. The summed E-state index contributed by atoms with van der Waals surface area (Å²) in [7, 11) is 0. The maximum atomic E-state index is 13.3. The van der Waals surface area contributed by atoms with Crippen LogP contribution in [0.2, 0.25) is 0 Å². The van der Waals surface area contributed by atoms with Gasteiger partial charge in [0.15, 0.2) is 15.8 Å². The van der Waals surface area contributed by atoms with E-state index in [2.05, 4.69) is 25.9 Å². The van der Waals surface area contributed by atoms with Gasteiger partial charge in [0, 0.05) is 5.69 Å². The Balaban J connectivity index is 1.34. The number of hydrogen-bond donors (Lipinski definition) is 2. The van der Waals surface area contributed by atoms with Crippen LogP contribution in [-0.4, -0.2) is 50.8 Å². The van der Waals surface area contributed by atoms with Crippen molar-refractivity contribution < 1.29 is 23.5 Å². The summed E-state index contributed by atoms with van der Waals surface area (Å²) in [5, 5.41) is 18.0. The van der Waals surface area contributed by atoms with Crippen LogP contribution in [0.4, 0.5) is 15.2 Å². The van der Waals surface area contributed by atoms with Crippen LogP contribution in [0.1, 0.15) is 24.3 Å². The number of amides is 2. The Bertz CT molecular complexity index is 1360. The largest absolute Gasteiger partial charge is 0.494 e. The molecule has 0 spiro atoms. The Hall–Kier alpha value is -3.97. The van der Waals surface area contributed by atoms with Crippen LogP contribution in [-0.2, 0) is 4.79 Å². The normalized spacial score (nSPS) is 10.7. The molecule has 10 nitrogen and oxygen atoms in total. The lowest BCUT2D eigenvalue weighted by molar-refractivity contribution is -0.113. The average Bonchev–Trinajstić information content (AvgIpc) is 3.52. The van der Waals surface area contributed by atoms with E-state index in [1.54, 1.807) is 49.5 Å². The van der Waals surface area contributed by atoms with E-state index in [0.29, 0.717) is 28.9 Å². The van der Waals surface area contributed by atoms with Gasteiger partial charge in [-0.1, -0.05) is 23.1 Å². The Kier molecular flexibility index (Phi) is 8.69. The second-order valence-electron chi connectivity index (χ2n) is 7.32. The molecular weight excluding hydrogens is 519 g/mol. The lowest BCUT2D eigenvalue weighted by Gasteiger charge is -2.06. The van der Waals surface area contributed by atoms with Crippen molar-refractivity contribution in [1.29, 1.82) is 0 Å². The average molecular weight is 543 g/mol. The number of carbonyl (C=O) groups is 2. The third-order valence-electron chi connectivity index (χ3n) is 4.69. The van der Waals surface area contributed by atoms with Gasteiger partial charge in [0.25, 0.3) is 5.91 Å². The zero-order valence-electron chi connectivity index (χ0n) is 19.9. The standard InChI is InChI=1S/C24H23FN6O4S2/c1-3-34-18-11-7-16(8-12-18)26-20(32)14-36-24-29-28-23(37-24)27-22(33)21-19(35-4-2)13-31(30-21)17-9-5-15(25)6-10-17/h5-13H,3-4,14H2,1-2H3,(H,26,32)(H,27,28,33). The Morgan fingerprint density at radius 1 is 1.00 bits per heavy atom. The number of anilines is 2. The number of rotatable bonds is 11. The van der Waals surface area contributed by atoms with Gasteiger partial charge in [0.2, 0.25) is 11.0 Å². The Morgan fingerprint density at radius 3 is 2.43 bits per heavy atom. The summed E-state index contributed by atoms with van der Waals surface area (Å²) < 4.78 is 26.1. The monoisotopic (exact) mass is 542 g/mol. The number of halogens is 1. The summed E-state index contributed by atoms with van der Waals surface area (Å²) >= 11 is 2.33. The van der Waals surface area contributed by atoms with Gasteiger partial charge in [-0.05, 0) is 62.4 Å². The fraction of sp³-hybridized carbons (Fsp3) is 0.208. The summed E-state index contributed by atoms with van der Waals surface area (Å²) in [4.78, 5) is 25.2. The lowest BCUT2D eigenvalue weighted by Crippen LogP contribution is -2.14. The minimum atomic E-state index is -0.537. The van der Waals surface area contributed by atoms with Crippen molar-refractivity contribution in [2.45, 2.75) is 18.2 Å². The molecule has 2 N–H and O–H groups in total. The highest BCUT2D eigenvalue weighted by molar-refractivity contribution is 8.01. The molecule has 2 aromatic heterocycles. The number of carbonyl (C=O) groups excluding carboxylic acids is 2. The number of benzene rings is 2. The molecule has 0 atom stereocenters. The first-order valence-electron chi connectivity index (χ1n) is 11.2. The number of thioether (sulfide) groups is 1. The van der Waals surface area contributed by atoms with Gasteiger partial charge in [-0.15, -0.1) is 10.2 Å². The number of hydrogen-bond acceptors (Lipinski definition) is 9. The highest BCUT2D eigenvalue weighted by Crippen LogP contribution is 2.27. The minimum absolute atomic E-state index is 0.0466. The van der Waals surface area contributed by atoms with Crippen molar-refractivity contribution in [3.05, 3.63) is 66.2 Å². The summed E-state index contributed by atoms with van der Waals surface area (Å²) in [6.45, 7) is 4.59. The van der Waals surface area contributed by atoms with E-state index in [1.807, 2.05) is 6.92 Å². The maximum absolute atomic E-state index is 13.3. The molecule has 0 bridgehead atoms. The van der Waals surface area contributed by atoms with Gasteiger partial charge >= 0.3 is 0 Å². The minimum Gasteiger partial charge on any atom is -0.494 e. The van der Waals surface area contributed by atoms with E-state index in [0.717, 1.165) is 17.1 Å². The molecular formula is C24H23FN6O4S2. The molecule has 37 heavy (non-hydrogen) atoms. The molecule has 0 aliphatic heterocycles. The highest BCUT2D eigenvalue weighted by Gasteiger charge is 2.21. The van der Waals surface area contributed by atoms with Crippen molar-refractivity contribution in [1.82, 2.24) is 20.0 Å². The molecule has 0 saturated carbocycles. The quantitative estimate of drug-likeness (QED) is 0.208. The zero-order chi connectivity index (χ0) is 26.2. The molecule has 0 unspecified atom stereocenters. The van der Waals surface area contributed by atoms with Crippen LogP contribution in [0.5, 0.6) is 11.5 Å². The van der Waals surface area contributed by atoms with Gasteiger partial charge < -0.3 is 14.8 Å². The van der Waals surface area contributed by atoms with Gasteiger partial charge in [-0.3, -0.25) is 14.9 Å². The van der Waals surface area contributed by atoms with Crippen molar-refractivity contribution in [2.75, 3.05) is 29.6 Å². The highest BCUT2D eigenvalue weighted by atomic mass is 32.2. The molecule has 13 heteroatoms. The lowest BCUT2D eigenvalue weighted by atomic mass is 10.3. The molecule has 4 aromatic rings. The van der Waals surface area contributed by atoms with Crippen LogP contribution in [0, 0.1) is 5.82 Å². The first-order valence-corrected chi connectivity index (χ1v) is 13.0. The van der Waals surface area contributed by atoms with Gasteiger partial charge in [0.05, 0.1) is 30.9 Å². The SMILES string of the molecule is CCOc1ccc(NC(=O)CSc2nnc(NC(=O)c3nn(-c4ccc(F)cc4)cc3OCC)s2)cc1. The van der Waals surface area contributed by atoms with Crippen LogP contribution in [0.3, 0.4) is 0 Å². The third-order valence-corrected chi connectivity index (χ3v) is 6.66. The van der Waals surface area contributed by atoms with Crippen molar-refractivity contribution in [3.63, 3.8) is 0 Å². The molecule has 0 fully saturated rings. The van der Waals surface area contributed by atoms with Crippen molar-refractivity contribution in [3.8, 4) is 17.2 Å². The molecule has 4 rings (SSSR count). The number of nitrogens with one attached hydrogen (secondary N) is 2. The van der Waals surface area contributed by atoms with Crippen LogP contribution < -0.4 is 20.1 Å². The number of ether oxygens (including phenoxy) is 2.